The van der Waals surface area contributed by atoms with E-state index in [9.17, 15) is 19.7 Å². The summed E-state index contributed by atoms with van der Waals surface area (Å²) >= 11 is 0. The summed E-state index contributed by atoms with van der Waals surface area (Å²) in [4.78, 5) is 40.7. The topological polar surface area (TPSA) is 108 Å². The number of piperazine rings is 1. The number of amides is 2. The molecule has 2 heterocycles. The second kappa shape index (κ2) is 8.87. The molecule has 0 aromatic heterocycles. The van der Waals surface area contributed by atoms with E-state index in [0.717, 1.165) is 19.5 Å². The molecular weight excluding hydrogens is 366 g/mol. The van der Waals surface area contributed by atoms with Crippen molar-refractivity contribution in [2.75, 3.05) is 64.4 Å². The van der Waals surface area contributed by atoms with E-state index in [-0.39, 0.29) is 11.6 Å². The van der Waals surface area contributed by atoms with Crippen LogP contribution in [0.5, 0.6) is 0 Å². The smallest absolute Gasteiger partial charge is 0.409 e. The largest absolute Gasteiger partial charge is 0.453 e. The number of hydrogen-bond acceptors (Lipinski definition) is 7. The highest BCUT2D eigenvalue weighted by Gasteiger charge is 2.28. The summed E-state index contributed by atoms with van der Waals surface area (Å²) in [5, 5.41) is 14.9. The lowest BCUT2D eigenvalue weighted by molar-refractivity contribution is -0.384. The number of carbonyl (C=O) groups is 2. The van der Waals surface area contributed by atoms with Crippen LogP contribution in [0.25, 0.3) is 0 Å². The van der Waals surface area contributed by atoms with Gasteiger partial charge in [-0.3, -0.25) is 14.9 Å². The fourth-order valence-corrected chi connectivity index (χ4v) is 3.56. The lowest BCUT2D eigenvalue weighted by Gasteiger charge is -2.35. The summed E-state index contributed by atoms with van der Waals surface area (Å²) in [6.07, 6.45) is 0.457. The molecule has 152 valence electrons. The van der Waals surface area contributed by atoms with Crippen LogP contribution in [0.2, 0.25) is 0 Å². The van der Waals surface area contributed by atoms with Gasteiger partial charge in [-0.05, 0) is 25.1 Å². The van der Waals surface area contributed by atoms with E-state index in [0.29, 0.717) is 50.5 Å². The van der Waals surface area contributed by atoms with Gasteiger partial charge in [-0.2, -0.15) is 0 Å². The van der Waals surface area contributed by atoms with Crippen LogP contribution in [0.1, 0.15) is 16.8 Å². The number of carbonyl (C=O) groups excluding carboxylic acids is 2. The van der Waals surface area contributed by atoms with Crippen LogP contribution in [-0.2, 0) is 4.74 Å². The van der Waals surface area contributed by atoms with Crippen LogP contribution in [0.4, 0.5) is 16.2 Å². The number of nitrogens with one attached hydrogen (secondary N) is 1. The molecule has 2 fully saturated rings. The van der Waals surface area contributed by atoms with Crippen molar-refractivity contribution in [3.05, 3.63) is 33.9 Å². The lowest BCUT2D eigenvalue weighted by Crippen LogP contribution is -2.48. The lowest BCUT2D eigenvalue weighted by atomic mass is 10.1. The first-order valence-corrected chi connectivity index (χ1v) is 9.37. The molecule has 2 amide bonds. The molecule has 1 aromatic rings. The molecular formula is C18H25N5O5. The third-order valence-electron chi connectivity index (χ3n) is 5.10. The monoisotopic (exact) mass is 391 g/mol. The van der Waals surface area contributed by atoms with Crippen LogP contribution in [0.3, 0.4) is 0 Å². The number of nitrogens with zero attached hydrogens (tertiary/aromatic N) is 4. The van der Waals surface area contributed by atoms with Gasteiger partial charge in [0, 0.05) is 57.4 Å². The third kappa shape index (κ3) is 4.33. The molecule has 0 unspecified atom stereocenters. The summed E-state index contributed by atoms with van der Waals surface area (Å²) in [5.41, 5.74) is 0.694. The van der Waals surface area contributed by atoms with Crippen LogP contribution in [0.15, 0.2) is 18.2 Å². The van der Waals surface area contributed by atoms with Gasteiger partial charge >= 0.3 is 6.09 Å². The van der Waals surface area contributed by atoms with Crippen molar-refractivity contribution in [3.63, 3.8) is 0 Å². The average molecular weight is 391 g/mol. The van der Waals surface area contributed by atoms with Crippen LogP contribution >= 0.6 is 0 Å². The summed E-state index contributed by atoms with van der Waals surface area (Å²) in [7, 11) is 1.33. The first-order chi connectivity index (χ1) is 13.5. The van der Waals surface area contributed by atoms with Crippen molar-refractivity contribution >= 4 is 23.4 Å². The Hall–Kier alpha value is -2.88. The summed E-state index contributed by atoms with van der Waals surface area (Å²) in [6, 6.07) is 4.65. The molecule has 3 rings (SSSR count). The third-order valence-corrected chi connectivity index (χ3v) is 5.10. The Morgan fingerprint density at radius 1 is 1.07 bits per heavy atom. The Labute approximate surface area is 163 Å². The van der Waals surface area contributed by atoms with E-state index in [1.165, 1.54) is 13.2 Å². The van der Waals surface area contributed by atoms with Crippen molar-refractivity contribution < 1.29 is 19.2 Å². The Bertz CT molecular complexity index is 740. The molecule has 1 aromatic carbocycles. The van der Waals surface area contributed by atoms with Crippen molar-refractivity contribution in [2.45, 2.75) is 6.42 Å². The molecule has 0 aliphatic carbocycles. The van der Waals surface area contributed by atoms with Gasteiger partial charge in [0.2, 0.25) is 0 Å². The van der Waals surface area contributed by atoms with Crippen molar-refractivity contribution in [3.8, 4) is 0 Å². The van der Waals surface area contributed by atoms with E-state index in [2.05, 4.69) is 5.32 Å². The predicted octanol–water partition coefficient (Wildman–Crippen LogP) is 0.919. The average Bonchev–Trinajstić information content (AvgIpc) is 3.02. The fourth-order valence-electron chi connectivity index (χ4n) is 3.56. The van der Waals surface area contributed by atoms with Crippen molar-refractivity contribution in [1.82, 2.24) is 15.1 Å². The molecule has 10 nitrogen and oxygen atoms in total. The fraction of sp³-hybridized carbons (Fsp3) is 0.556. The van der Waals surface area contributed by atoms with Crippen LogP contribution < -0.4 is 10.2 Å². The van der Waals surface area contributed by atoms with Crippen molar-refractivity contribution in [2.24, 2.45) is 0 Å². The molecule has 0 saturated carbocycles. The Morgan fingerprint density at radius 3 is 2.50 bits per heavy atom. The zero-order valence-corrected chi connectivity index (χ0v) is 15.9. The van der Waals surface area contributed by atoms with Crippen LogP contribution in [-0.4, -0.2) is 86.2 Å². The van der Waals surface area contributed by atoms with E-state index in [1.807, 2.05) is 4.90 Å². The van der Waals surface area contributed by atoms with E-state index < -0.39 is 11.0 Å². The van der Waals surface area contributed by atoms with Gasteiger partial charge in [0.15, 0.2) is 0 Å². The SMILES string of the molecule is COC(=O)N1CCN(c2ccc(C(=O)N3CCCNCC3)cc2[N+](=O)[O-])CC1. The second-order valence-corrected chi connectivity index (χ2v) is 6.80. The number of hydrogen-bond donors (Lipinski definition) is 1. The van der Waals surface area contributed by atoms with Crippen LogP contribution in [0, 0.1) is 10.1 Å². The first kappa shape index (κ1) is 19.9. The molecule has 0 radical (unpaired) electrons. The zero-order valence-electron chi connectivity index (χ0n) is 15.9. The molecule has 28 heavy (non-hydrogen) atoms. The highest BCUT2D eigenvalue weighted by molar-refractivity contribution is 5.96. The quantitative estimate of drug-likeness (QED) is 0.603. The Morgan fingerprint density at radius 2 is 1.82 bits per heavy atom. The van der Waals surface area contributed by atoms with Crippen molar-refractivity contribution in [1.29, 1.82) is 0 Å². The highest BCUT2D eigenvalue weighted by atomic mass is 16.6. The standard InChI is InChI=1S/C18H25N5O5/c1-28-18(25)22-11-9-20(10-12-22)15-4-3-14(13-16(15)23(26)27)17(24)21-7-2-5-19-6-8-21/h3-4,13,19H,2,5-12H2,1H3. The van der Waals surface area contributed by atoms with Gasteiger partial charge in [-0.15, -0.1) is 0 Å². The Balaban J connectivity index is 1.77. The molecule has 1 N–H and O–H groups in total. The first-order valence-electron chi connectivity index (χ1n) is 9.37. The second-order valence-electron chi connectivity index (χ2n) is 6.80. The number of nitro groups is 1. The normalized spacial score (nSPS) is 17.8. The minimum absolute atomic E-state index is 0.0923. The maximum absolute atomic E-state index is 12.8. The summed E-state index contributed by atoms with van der Waals surface area (Å²) < 4.78 is 4.71. The highest BCUT2D eigenvalue weighted by Crippen LogP contribution is 2.30. The Kier molecular flexibility index (Phi) is 6.30. The predicted molar refractivity (Wildman–Crippen MR) is 103 cm³/mol. The van der Waals surface area contributed by atoms with E-state index >= 15 is 0 Å². The maximum atomic E-state index is 12.8. The number of rotatable bonds is 3. The van der Waals surface area contributed by atoms with Gasteiger partial charge in [-0.1, -0.05) is 0 Å². The molecule has 2 aliphatic heterocycles. The number of benzene rings is 1. The minimum atomic E-state index is -0.456. The minimum Gasteiger partial charge on any atom is -0.453 e. The van der Waals surface area contributed by atoms with Gasteiger partial charge in [-0.25, -0.2) is 4.79 Å². The maximum Gasteiger partial charge on any atom is 0.409 e. The van der Waals surface area contributed by atoms with Gasteiger partial charge in [0.25, 0.3) is 11.6 Å². The number of ether oxygens (including phenoxy) is 1. The number of nitro benzene ring substituents is 1. The molecule has 0 spiro atoms. The molecule has 0 bridgehead atoms. The van der Waals surface area contributed by atoms with E-state index in [1.54, 1.807) is 21.9 Å². The molecule has 10 heteroatoms. The number of anilines is 1. The van der Waals surface area contributed by atoms with Gasteiger partial charge in [0.05, 0.1) is 12.0 Å². The molecule has 2 saturated heterocycles. The summed E-state index contributed by atoms with van der Waals surface area (Å²) in [6.45, 7) is 4.57. The number of methoxy groups -OCH3 is 1. The summed E-state index contributed by atoms with van der Waals surface area (Å²) in [5.74, 6) is -0.186. The van der Waals surface area contributed by atoms with Gasteiger partial charge < -0.3 is 24.8 Å². The molecule has 2 aliphatic rings. The van der Waals surface area contributed by atoms with Gasteiger partial charge in [0.1, 0.15) is 5.69 Å². The van der Waals surface area contributed by atoms with E-state index in [4.69, 9.17) is 4.74 Å². The molecule has 0 atom stereocenters. The zero-order chi connectivity index (χ0) is 20.1.